The number of halogens is 1. The molecule has 0 aromatic carbocycles. The zero-order valence-corrected chi connectivity index (χ0v) is 19.7. The highest BCUT2D eigenvalue weighted by atomic mass is 31.0. The summed E-state index contributed by atoms with van der Waals surface area (Å²) < 4.78 is 21.3. The van der Waals surface area contributed by atoms with E-state index in [-0.39, 0.29) is 6.04 Å². The molecule has 0 radical (unpaired) electrons. The van der Waals surface area contributed by atoms with Crippen molar-refractivity contribution in [1.29, 1.82) is 5.26 Å². The molecule has 33 heavy (non-hydrogen) atoms. The van der Waals surface area contributed by atoms with Crippen LogP contribution in [0, 0.1) is 30.0 Å². The molecule has 1 fully saturated rings. The predicted molar refractivity (Wildman–Crippen MR) is 128 cm³/mol. The lowest BCUT2D eigenvalue weighted by Crippen LogP contribution is -2.42. The van der Waals surface area contributed by atoms with Crippen LogP contribution >= 0.6 is 9.24 Å². The third-order valence-corrected chi connectivity index (χ3v) is 7.65. The Kier molecular flexibility index (Phi) is 4.69. The number of guanidine groups is 1. The molecule has 1 saturated heterocycles. The highest BCUT2D eigenvalue weighted by Gasteiger charge is 2.39. The number of nitriles is 1. The van der Waals surface area contributed by atoms with Crippen LogP contribution in [-0.2, 0) is 4.74 Å². The fourth-order valence-corrected chi connectivity index (χ4v) is 5.97. The average Bonchev–Trinajstić information content (AvgIpc) is 3.53. The molecule has 0 amide bonds. The zero-order chi connectivity index (χ0) is 22.9. The summed E-state index contributed by atoms with van der Waals surface area (Å²) in [6, 6.07) is 1.98. The Hall–Kier alpha value is -3.01. The van der Waals surface area contributed by atoms with Gasteiger partial charge in [0.15, 0.2) is 5.96 Å². The summed E-state index contributed by atoms with van der Waals surface area (Å²) in [4.78, 5) is 14.7. The van der Waals surface area contributed by atoms with Crippen molar-refractivity contribution >= 4 is 31.8 Å². The third kappa shape index (κ3) is 2.99. The maximum atomic E-state index is 15.5. The summed E-state index contributed by atoms with van der Waals surface area (Å²) in [6.45, 7) is 6.84. The lowest BCUT2D eigenvalue weighted by Gasteiger charge is -2.33. The van der Waals surface area contributed by atoms with Crippen LogP contribution < -0.4 is 5.32 Å². The van der Waals surface area contributed by atoms with Gasteiger partial charge >= 0.3 is 0 Å². The second-order valence-corrected chi connectivity index (χ2v) is 9.78. The topological polar surface area (TPSA) is 89.3 Å². The number of aromatic amines is 1. The molecular formula is C24H24FN6OP. The monoisotopic (exact) mass is 462 g/mol. The van der Waals surface area contributed by atoms with Crippen LogP contribution in [0.1, 0.15) is 30.2 Å². The average molecular weight is 462 g/mol. The van der Waals surface area contributed by atoms with Gasteiger partial charge in [-0.2, -0.15) is 5.26 Å². The Morgan fingerprint density at radius 3 is 2.91 bits per heavy atom. The maximum Gasteiger partial charge on any atom is 0.198 e. The van der Waals surface area contributed by atoms with Gasteiger partial charge in [-0.15, -0.1) is 9.24 Å². The number of hydrogen-bond acceptors (Lipinski definition) is 6. The van der Waals surface area contributed by atoms with Crippen LogP contribution in [0.25, 0.3) is 16.6 Å². The molecule has 7 nitrogen and oxygen atoms in total. The van der Waals surface area contributed by atoms with Gasteiger partial charge in [-0.05, 0) is 41.3 Å². The smallest absolute Gasteiger partial charge is 0.198 e. The first-order valence-corrected chi connectivity index (χ1v) is 11.7. The van der Waals surface area contributed by atoms with Gasteiger partial charge in [0.2, 0.25) is 0 Å². The lowest BCUT2D eigenvalue weighted by molar-refractivity contribution is 0.207. The molecule has 0 saturated carbocycles. The SMILES string of the molecule is Cc1[nH]c2ncc(F)c(C3=C(P)C4N=C(N5CCC(C)C5)NC=C4C4=C3COC4)c2c1C#N. The molecule has 2 aromatic heterocycles. The van der Waals surface area contributed by atoms with Crippen molar-refractivity contribution < 1.29 is 9.13 Å². The number of ether oxygens (including phenoxy) is 1. The van der Waals surface area contributed by atoms with Crippen molar-refractivity contribution in [2.75, 3.05) is 26.3 Å². The summed E-state index contributed by atoms with van der Waals surface area (Å²) >= 11 is 0. The first-order valence-electron chi connectivity index (χ1n) is 11.1. The predicted octanol–water partition coefficient (Wildman–Crippen LogP) is 3.36. The fourth-order valence-electron chi connectivity index (χ4n) is 5.39. The number of nitrogens with zero attached hydrogens (tertiary/aromatic N) is 4. The second-order valence-electron chi connectivity index (χ2n) is 9.16. The van der Waals surface area contributed by atoms with Gasteiger partial charge in [0, 0.05) is 41.5 Å². The van der Waals surface area contributed by atoms with E-state index in [4.69, 9.17) is 9.73 Å². The van der Waals surface area contributed by atoms with Gasteiger partial charge in [-0.1, -0.05) is 6.92 Å². The first-order chi connectivity index (χ1) is 16.0. The number of hydrogen-bond donors (Lipinski definition) is 2. The highest BCUT2D eigenvalue weighted by Crippen LogP contribution is 2.48. The molecule has 2 aromatic rings. The molecule has 5 heterocycles. The largest absolute Gasteiger partial charge is 0.372 e. The maximum absolute atomic E-state index is 15.5. The number of fused-ring (bicyclic) bond motifs is 3. The molecule has 6 rings (SSSR count). The Labute approximate surface area is 193 Å². The molecule has 3 unspecified atom stereocenters. The Morgan fingerprint density at radius 1 is 1.33 bits per heavy atom. The molecule has 168 valence electrons. The van der Waals surface area contributed by atoms with E-state index in [0.717, 1.165) is 53.1 Å². The van der Waals surface area contributed by atoms with Crippen LogP contribution in [0.4, 0.5) is 4.39 Å². The van der Waals surface area contributed by atoms with E-state index in [1.54, 1.807) is 0 Å². The zero-order valence-electron chi connectivity index (χ0n) is 18.5. The van der Waals surface area contributed by atoms with E-state index >= 15 is 4.39 Å². The van der Waals surface area contributed by atoms with Crippen LogP contribution in [0.2, 0.25) is 0 Å². The van der Waals surface area contributed by atoms with Gasteiger partial charge in [0.1, 0.15) is 23.6 Å². The Balaban J connectivity index is 1.57. The number of aromatic nitrogens is 2. The minimum atomic E-state index is -0.453. The number of aryl methyl sites for hydroxylation is 1. The van der Waals surface area contributed by atoms with Crippen LogP contribution in [-0.4, -0.2) is 53.2 Å². The van der Waals surface area contributed by atoms with Gasteiger partial charge in [-0.25, -0.2) is 14.4 Å². The van der Waals surface area contributed by atoms with Crippen molar-refractivity contribution in [2.45, 2.75) is 26.3 Å². The summed E-state index contributed by atoms with van der Waals surface area (Å²) in [5, 5.41) is 14.6. The normalized spacial score (nSPS) is 24.5. The van der Waals surface area contributed by atoms with E-state index in [1.165, 1.54) is 6.20 Å². The quantitative estimate of drug-likeness (QED) is 0.635. The first kappa shape index (κ1) is 20.6. The van der Waals surface area contributed by atoms with E-state index in [9.17, 15) is 5.26 Å². The Morgan fingerprint density at radius 2 is 2.15 bits per heavy atom. The van der Waals surface area contributed by atoms with Gasteiger partial charge in [0.05, 0.1) is 25.0 Å². The molecule has 3 atom stereocenters. The van der Waals surface area contributed by atoms with Gasteiger partial charge < -0.3 is 19.9 Å². The number of pyridine rings is 1. The molecule has 1 aliphatic carbocycles. The number of nitrogens with one attached hydrogen (secondary N) is 2. The van der Waals surface area contributed by atoms with Crippen molar-refractivity contribution in [3.63, 3.8) is 0 Å². The summed E-state index contributed by atoms with van der Waals surface area (Å²) in [5.74, 6) is 1.03. The third-order valence-electron chi connectivity index (χ3n) is 7.04. The molecule has 0 bridgehead atoms. The summed E-state index contributed by atoms with van der Waals surface area (Å²) in [5.41, 5.74) is 5.81. The van der Waals surface area contributed by atoms with E-state index in [1.807, 2.05) is 13.1 Å². The molecule has 9 heteroatoms. The highest BCUT2D eigenvalue weighted by molar-refractivity contribution is 7.23. The minimum absolute atomic E-state index is 0.259. The van der Waals surface area contributed by atoms with Crippen LogP contribution in [0.5, 0.6) is 0 Å². The molecule has 4 aliphatic rings. The van der Waals surface area contributed by atoms with E-state index in [0.29, 0.717) is 47.0 Å². The van der Waals surface area contributed by atoms with Crippen molar-refractivity contribution in [3.8, 4) is 6.07 Å². The van der Waals surface area contributed by atoms with Gasteiger partial charge in [0.25, 0.3) is 0 Å². The van der Waals surface area contributed by atoms with Crippen molar-refractivity contribution in [1.82, 2.24) is 20.2 Å². The molecule has 2 N–H and O–H groups in total. The standard InChI is InChI=1S/C24H24FN6OP/c1-11-3-4-31(8-11)24-28-6-14-15-9-32-10-16(15)18(22(33)21(14)30-24)20-17(25)7-27-23-19(20)13(5-26)12(2)29-23/h6-7,11,21H,3-4,8-10,33H2,1-2H3,(H,27,29)(H,28,30). The van der Waals surface area contributed by atoms with Crippen molar-refractivity contribution in [2.24, 2.45) is 10.9 Å². The van der Waals surface area contributed by atoms with E-state index < -0.39 is 5.82 Å². The Bertz CT molecular complexity index is 1380. The lowest BCUT2D eigenvalue weighted by atomic mass is 9.81. The van der Waals surface area contributed by atoms with Crippen molar-refractivity contribution in [3.05, 3.63) is 57.1 Å². The van der Waals surface area contributed by atoms with Gasteiger partial charge in [-0.3, -0.25) is 0 Å². The number of aliphatic imine (C=N–C) groups is 1. The minimum Gasteiger partial charge on any atom is -0.372 e. The second kappa shape index (κ2) is 7.51. The number of likely N-dealkylation sites (tertiary alicyclic amines) is 1. The summed E-state index contributed by atoms with van der Waals surface area (Å²) in [7, 11) is 2.81. The molecule has 0 spiro atoms. The molecular weight excluding hydrogens is 438 g/mol. The van der Waals surface area contributed by atoms with E-state index in [2.05, 4.69) is 42.4 Å². The number of H-pyrrole nitrogens is 1. The summed E-state index contributed by atoms with van der Waals surface area (Å²) in [6.07, 6.45) is 4.40. The number of rotatable bonds is 1. The van der Waals surface area contributed by atoms with Crippen LogP contribution in [0.15, 0.2) is 39.4 Å². The van der Waals surface area contributed by atoms with Crippen LogP contribution in [0.3, 0.4) is 0 Å². The fraction of sp³-hybridized carbons (Fsp3) is 0.375. The molecule has 3 aliphatic heterocycles.